The summed E-state index contributed by atoms with van der Waals surface area (Å²) in [6.07, 6.45) is 4.29. The van der Waals surface area contributed by atoms with Crippen molar-refractivity contribution in [3.05, 3.63) is 28.8 Å². The molecule has 1 unspecified atom stereocenters. The molecule has 2 saturated heterocycles. The summed E-state index contributed by atoms with van der Waals surface area (Å²) in [7, 11) is 1.70. The maximum atomic E-state index is 6.33. The van der Waals surface area contributed by atoms with Crippen LogP contribution in [0.25, 0.3) is 0 Å². The minimum atomic E-state index is -0.152. The molecule has 1 aromatic rings. The molecule has 1 atom stereocenters. The van der Waals surface area contributed by atoms with Gasteiger partial charge in [-0.3, -0.25) is 4.99 Å². The molecular formula is C21H32ClN3O3. The van der Waals surface area contributed by atoms with Crippen LogP contribution in [0.15, 0.2) is 23.2 Å². The lowest BCUT2D eigenvalue weighted by Crippen LogP contribution is -2.43. The van der Waals surface area contributed by atoms with Crippen molar-refractivity contribution in [3.8, 4) is 5.75 Å². The highest BCUT2D eigenvalue weighted by Crippen LogP contribution is 2.41. The Labute approximate surface area is 173 Å². The number of methoxy groups -OCH3 is 1. The van der Waals surface area contributed by atoms with E-state index in [4.69, 9.17) is 30.8 Å². The Hall–Kier alpha value is -1.50. The second-order valence-corrected chi connectivity index (χ2v) is 7.88. The highest BCUT2D eigenvalue weighted by atomic mass is 35.5. The van der Waals surface area contributed by atoms with Crippen LogP contribution in [-0.4, -0.2) is 58.6 Å². The molecule has 0 saturated carbocycles. The first-order valence-corrected chi connectivity index (χ1v) is 10.6. The molecule has 0 amide bonds. The van der Waals surface area contributed by atoms with E-state index in [0.717, 1.165) is 62.7 Å². The third kappa shape index (κ3) is 5.31. The number of benzene rings is 1. The number of aliphatic imine (C=N–C) groups is 1. The first-order chi connectivity index (χ1) is 13.7. The Morgan fingerprint density at radius 1 is 1.29 bits per heavy atom. The van der Waals surface area contributed by atoms with E-state index >= 15 is 0 Å². The molecule has 2 aliphatic rings. The zero-order valence-electron chi connectivity index (χ0n) is 16.9. The van der Waals surface area contributed by atoms with Gasteiger partial charge < -0.3 is 24.8 Å². The zero-order chi connectivity index (χ0) is 19.8. The number of hydrogen-bond acceptors (Lipinski definition) is 4. The summed E-state index contributed by atoms with van der Waals surface area (Å²) >= 11 is 6.33. The quantitative estimate of drug-likeness (QED) is 0.535. The highest BCUT2D eigenvalue weighted by Gasteiger charge is 2.37. The molecule has 6 nitrogen and oxygen atoms in total. The SMILES string of the molecule is CCNC(=NCC1(c2cc(Cl)ccc2OC)CCOCC1)NCC1CCCO1. The summed E-state index contributed by atoms with van der Waals surface area (Å²) in [5, 5.41) is 7.50. The summed E-state index contributed by atoms with van der Waals surface area (Å²) in [5.74, 6) is 1.68. The standard InChI is InChI=1S/C21H32ClN3O3/c1-3-23-20(24-14-17-5-4-10-28-17)25-15-21(8-11-27-12-9-21)18-13-16(22)6-7-19(18)26-2/h6-7,13,17H,3-5,8-12,14-15H2,1-2H3,(H2,23,24,25). The van der Waals surface area contributed by atoms with Crippen molar-refractivity contribution in [1.29, 1.82) is 0 Å². The Morgan fingerprint density at radius 2 is 2.11 bits per heavy atom. The van der Waals surface area contributed by atoms with Crippen LogP contribution in [0.2, 0.25) is 5.02 Å². The van der Waals surface area contributed by atoms with E-state index in [0.29, 0.717) is 24.8 Å². The fraction of sp³-hybridized carbons (Fsp3) is 0.667. The van der Waals surface area contributed by atoms with Crippen LogP contribution in [0.1, 0.15) is 38.2 Å². The summed E-state index contributed by atoms with van der Waals surface area (Å²) < 4.78 is 17.0. The molecule has 156 valence electrons. The van der Waals surface area contributed by atoms with Crippen molar-refractivity contribution in [2.24, 2.45) is 4.99 Å². The molecule has 2 fully saturated rings. The van der Waals surface area contributed by atoms with E-state index in [1.165, 1.54) is 0 Å². The van der Waals surface area contributed by atoms with Crippen molar-refractivity contribution in [1.82, 2.24) is 10.6 Å². The second-order valence-electron chi connectivity index (χ2n) is 7.45. The van der Waals surface area contributed by atoms with Crippen molar-refractivity contribution >= 4 is 17.6 Å². The largest absolute Gasteiger partial charge is 0.496 e. The number of nitrogens with zero attached hydrogens (tertiary/aromatic N) is 1. The van der Waals surface area contributed by atoms with Crippen molar-refractivity contribution in [2.45, 2.75) is 44.1 Å². The molecule has 7 heteroatoms. The monoisotopic (exact) mass is 409 g/mol. The van der Waals surface area contributed by atoms with Crippen LogP contribution in [0.3, 0.4) is 0 Å². The lowest BCUT2D eigenvalue weighted by atomic mass is 9.73. The smallest absolute Gasteiger partial charge is 0.191 e. The molecule has 0 aromatic heterocycles. The van der Waals surface area contributed by atoms with Crippen LogP contribution >= 0.6 is 11.6 Å². The third-order valence-corrected chi connectivity index (χ3v) is 5.82. The van der Waals surface area contributed by atoms with Gasteiger partial charge in [0, 0.05) is 48.9 Å². The minimum Gasteiger partial charge on any atom is -0.496 e. The Kier molecular flexibility index (Phi) is 7.82. The fourth-order valence-corrected chi connectivity index (χ4v) is 4.13. The molecule has 3 rings (SSSR count). The van der Waals surface area contributed by atoms with Gasteiger partial charge in [0.15, 0.2) is 5.96 Å². The molecule has 28 heavy (non-hydrogen) atoms. The third-order valence-electron chi connectivity index (χ3n) is 5.59. The van der Waals surface area contributed by atoms with Gasteiger partial charge in [0.05, 0.1) is 19.8 Å². The van der Waals surface area contributed by atoms with Gasteiger partial charge in [0.2, 0.25) is 0 Å². The summed E-state index contributed by atoms with van der Waals surface area (Å²) in [6, 6.07) is 5.83. The highest BCUT2D eigenvalue weighted by molar-refractivity contribution is 6.30. The van der Waals surface area contributed by atoms with Crippen molar-refractivity contribution < 1.29 is 14.2 Å². The molecule has 0 bridgehead atoms. The van der Waals surface area contributed by atoms with E-state index in [9.17, 15) is 0 Å². The maximum Gasteiger partial charge on any atom is 0.191 e. The fourth-order valence-electron chi connectivity index (χ4n) is 3.96. The number of hydrogen-bond donors (Lipinski definition) is 2. The van der Waals surface area contributed by atoms with Crippen LogP contribution in [0.5, 0.6) is 5.75 Å². The summed E-state index contributed by atoms with van der Waals surface area (Å²) in [5.41, 5.74) is 0.963. The maximum absolute atomic E-state index is 6.33. The summed E-state index contributed by atoms with van der Waals surface area (Å²) in [4.78, 5) is 4.94. The molecule has 0 aliphatic carbocycles. The average Bonchev–Trinajstić information content (AvgIpc) is 3.24. The predicted molar refractivity (Wildman–Crippen MR) is 113 cm³/mol. The normalized spacial score (nSPS) is 22.1. The first kappa shape index (κ1) is 21.2. The minimum absolute atomic E-state index is 0.152. The zero-order valence-corrected chi connectivity index (χ0v) is 17.7. The molecule has 2 heterocycles. The second kappa shape index (κ2) is 10.3. The van der Waals surface area contributed by atoms with E-state index in [2.05, 4.69) is 17.6 Å². The number of nitrogens with one attached hydrogen (secondary N) is 2. The molecule has 1 aromatic carbocycles. The van der Waals surface area contributed by atoms with Gasteiger partial charge >= 0.3 is 0 Å². The van der Waals surface area contributed by atoms with E-state index in [1.807, 2.05) is 18.2 Å². The molecule has 2 aliphatic heterocycles. The van der Waals surface area contributed by atoms with Gasteiger partial charge in [-0.25, -0.2) is 0 Å². The van der Waals surface area contributed by atoms with Gasteiger partial charge in [-0.2, -0.15) is 0 Å². The van der Waals surface area contributed by atoms with Gasteiger partial charge in [-0.15, -0.1) is 0 Å². The predicted octanol–water partition coefficient (Wildman–Crippen LogP) is 3.13. The van der Waals surface area contributed by atoms with Gasteiger partial charge in [0.1, 0.15) is 5.75 Å². The molecule has 0 radical (unpaired) electrons. The number of ether oxygens (including phenoxy) is 3. The average molecular weight is 410 g/mol. The van der Waals surface area contributed by atoms with Crippen LogP contribution in [0, 0.1) is 0 Å². The van der Waals surface area contributed by atoms with E-state index < -0.39 is 0 Å². The van der Waals surface area contributed by atoms with Gasteiger partial charge in [-0.1, -0.05) is 11.6 Å². The summed E-state index contributed by atoms with van der Waals surface area (Å²) in [6.45, 7) is 6.60. The van der Waals surface area contributed by atoms with Crippen LogP contribution in [0.4, 0.5) is 0 Å². The molecular weight excluding hydrogens is 378 g/mol. The van der Waals surface area contributed by atoms with E-state index in [-0.39, 0.29) is 11.5 Å². The number of guanidine groups is 1. The van der Waals surface area contributed by atoms with Crippen molar-refractivity contribution in [3.63, 3.8) is 0 Å². The molecule has 2 N–H and O–H groups in total. The van der Waals surface area contributed by atoms with Crippen molar-refractivity contribution in [2.75, 3.05) is 46.6 Å². The number of halogens is 1. The van der Waals surface area contributed by atoms with E-state index in [1.54, 1.807) is 7.11 Å². The topological polar surface area (TPSA) is 64.1 Å². The van der Waals surface area contributed by atoms with Crippen LogP contribution in [-0.2, 0) is 14.9 Å². The van der Waals surface area contributed by atoms with Gasteiger partial charge in [-0.05, 0) is 50.8 Å². The Bertz CT molecular complexity index is 656. The lowest BCUT2D eigenvalue weighted by molar-refractivity contribution is 0.0522. The Balaban J connectivity index is 1.80. The molecule has 0 spiro atoms. The first-order valence-electron chi connectivity index (χ1n) is 10.2. The van der Waals surface area contributed by atoms with Crippen LogP contribution < -0.4 is 15.4 Å². The lowest BCUT2D eigenvalue weighted by Gasteiger charge is -2.37. The van der Waals surface area contributed by atoms with Gasteiger partial charge in [0.25, 0.3) is 0 Å². The number of rotatable bonds is 7. The Morgan fingerprint density at radius 3 is 2.79 bits per heavy atom.